The molecule has 0 aliphatic carbocycles. The van der Waals surface area contributed by atoms with Gasteiger partial charge < -0.3 is 9.64 Å². The van der Waals surface area contributed by atoms with Gasteiger partial charge in [0.25, 0.3) is 0 Å². The van der Waals surface area contributed by atoms with E-state index in [0.29, 0.717) is 0 Å². The summed E-state index contributed by atoms with van der Waals surface area (Å²) < 4.78 is 5.41. The van der Waals surface area contributed by atoms with E-state index >= 15 is 0 Å². The monoisotopic (exact) mass is 288 g/mol. The number of rotatable bonds is 7. The first kappa shape index (κ1) is 15.6. The van der Waals surface area contributed by atoms with Crippen LogP contribution in [0.25, 0.3) is 0 Å². The van der Waals surface area contributed by atoms with Crippen molar-refractivity contribution in [3.05, 3.63) is 0 Å². The van der Waals surface area contributed by atoms with Gasteiger partial charge in [-0.25, -0.2) is 0 Å². The minimum atomic E-state index is 0.769. The molecule has 112 valence electrons. The van der Waals surface area contributed by atoms with Crippen molar-refractivity contribution >= 4 is 11.6 Å². The second-order valence-electron chi connectivity index (χ2n) is 5.92. The molecule has 0 bridgehead atoms. The van der Waals surface area contributed by atoms with E-state index < -0.39 is 0 Å². The molecule has 2 heterocycles. The molecule has 0 aromatic carbocycles. The van der Waals surface area contributed by atoms with Gasteiger partial charge in [-0.2, -0.15) is 0 Å². The van der Waals surface area contributed by atoms with Gasteiger partial charge in [-0.05, 0) is 31.7 Å². The standard InChI is InChI=1S/C15H29ClN2O/c16-6-8-18-11-9-17(10-12-18)7-2-1-3-15-4-13-19-14-5-15/h15H,1-14H2. The van der Waals surface area contributed by atoms with Crippen molar-refractivity contribution in [1.29, 1.82) is 0 Å². The van der Waals surface area contributed by atoms with E-state index in [2.05, 4.69) is 9.80 Å². The van der Waals surface area contributed by atoms with E-state index in [1.54, 1.807) is 0 Å². The van der Waals surface area contributed by atoms with Gasteiger partial charge in [-0.3, -0.25) is 4.90 Å². The van der Waals surface area contributed by atoms with Gasteiger partial charge in [-0.15, -0.1) is 11.6 Å². The summed E-state index contributed by atoms with van der Waals surface area (Å²) in [6.07, 6.45) is 6.75. The van der Waals surface area contributed by atoms with E-state index in [0.717, 1.165) is 31.6 Å². The molecule has 3 nitrogen and oxygen atoms in total. The lowest BCUT2D eigenvalue weighted by Crippen LogP contribution is -2.47. The predicted octanol–water partition coefficient (Wildman–Crippen LogP) is 2.44. The largest absolute Gasteiger partial charge is 0.381 e. The summed E-state index contributed by atoms with van der Waals surface area (Å²) >= 11 is 5.78. The second-order valence-corrected chi connectivity index (χ2v) is 6.30. The number of piperazine rings is 1. The predicted molar refractivity (Wildman–Crippen MR) is 81.0 cm³/mol. The maximum Gasteiger partial charge on any atom is 0.0468 e. The molecule has 0 aromatic heterocycles. The molecule has 2 aliphatic rings. The Labute approximate surface area is 123 Å². The number of nitrogens with zero attached hydrogens (tertiary/aromatic N) is 2. The Kier molecular flexibility index (Phi) is 7.51. The van der Waals surface area contributed by atoms with Crippen molar-refractivity contribution in [2.45, 2.75) is 32.1 Å². The lowest BCUT2D eigenvalue weighted by atomic mass is 9.94. The van der Waals surface area contributed by atoms with E-state index in [4.69, 9.17) is 16.3 Å². The van der Waals surface area contributed by atoms with Crippen LogP contribution in [-0.4, -0.2) is 68.2 Å². The molecule has 0 unspecified atom stereocenters. The van der Waals surface area contributed by atoms with Crippen molar-refractivity contribution in [3.63, 3.8) is 0 Å². The third-order valence-corrected chi connectivity index (χ3v) is 4.71. The molecule has 2 rings (SSSR count). The summed E-state index contributed by atoms with van der Waals surface area (Å²) in [7, 11) is 0. The van der Waals surface area contributed by atoms with Crippen molar-refractivity contribution < 1.29 is 4.74 Å². The lowest BCUT2D eigenvalue weighted by Gasteiger charge is -2.34. The van der Waals surface area contributed by atoms with E-state index in [1.807, 2.05) is 0 Å². The topological polar surface area (TPSA) is 15.7 Å². The molecule has 2 saturated heterocycles. The zero-order chi connectivity index (χ0) is 13.3. The minimum Gasteiger partial charge on any atom is -0.381 e. The van der Waals surface area contributed by atoms with Crippen LogP contribution in [0.15, 0.2) is 0 Å². The third-order valence-electron chi connectivity index (χ3n) is 4.54. The maximum absolute atomic E-state index is 5.78. The number of unbranched alkanes of at least 4 members (excludes halogenated alkanes) is 1. The fourth-order valence-electron chi connectivity index (χ4n) is 3.16. The van der Waals surface area contributed by atoms with Crippen LogP contribution in [-0.2, 0) is 4.74 Å². The number of hydrogen-bond acceptors (Lipinski definition) is 3. The molecular weight excluding hydrogens is 260 g/mol. The number of ether oxygens (including phenoxy) is 1. The Morgan fingerprint density at radius 3 is 2.16 bits per heavy atom. The van der Waals surface area contributed by atoms with Crippen molar-refractivity contribution in [1.82, 2.24) is 9.80 Å². The SMILES string of the molecule is ClCCN1CCN(CCCCC2CCOCC2)CC1. The molecule has 2 aliphatic heterocycles. The van der Waals surface area contributed by atoms with Crippen LogP contribution in [0.2, 0.25) is 0 Å². The van der Waals surface area contributed by atoms with Crippen molar-refractivity contribution in [2.24, 2.45) is 5.92 Å². The molecule has 4 heteroatoms. The van der Waals surface area contributed by atoms with E-state index in [9.17, 15) is 0 Å². The third kappa shape index (κ3) is 5.99. The molecular formula is C15H29ClN2O. The van der Waals surface area contributed by atoms with E-state index in [-0.39, 0.29) is 0 Å². The van der Waals surface area contributed by atoms with Crippen LogP contribution in [0.3, 0.4) is 0 Å². The van der Waals surface area contributed by atoms with Crippen molar-refractivity contribution in [3.8, 4) is 0 Å². The first-order valence-corrected chi connectivity index (χ1v) is 8.50. The Morgan fingerprint density at radius 2 is 1.53 bits per heavy atom. The van der Waals surface area contributed by atoms with E-state index in [1.165, 1.54) is 64.8 Å². The van der Waals surface area contributed by atoms with Crippen LogP contribution in [0, 0.1) is 5.92 Å². The highest BCUT2D eigenvalue weighted by molar-refractivity contribution is 6.18. The Bertz CT molecular complexity index is 226. The van der Waals surface area contributed by atoms with Crippen LogP contribution >= 0.6 is 11.6 Å². The van der Waals surface area contributed by atoms with Crippen LogP contribution in [0.4, 0.5) is 0 Å². The average Bonchev–Trinajstić information content (AvgIpc) is 2.47. The van der Waals surface area contributed by atoms with Gasteiger partial charge in [-0.1, -0.05) is 12.8 Å². The fraction of sp³-hybridized carbons (Fsp3) is 1.00. The highest BCUT2D eigenvalue weighted by Crippen LogP contribution is 2.20. The van der Waals surface area contributed by atoms with Crippen LogP contribution < -0.4 is 0 Å². The zero-order valence-electron chi connectivity index (χ0n) is 12.2. The average molecular weight is 289 g/mol. The number of alkyl halides is 1. The minimum absolute atomic E-state index is 0.769. The molecule has 2 fully saturated rings. The molecule has 0 N–H and O–H groups in total. The molecule has 19 heavy (non-hydrogen) atoms. The highest BCUT2D eigenvalue weighted by Gasteiger charge is 2.16. The second kappa shape index (κ2) is 9.17. The number of hydrogen-bond donors (Lipinski definition) is 0. The summed E-state index contributed by atoms with van der Waals surface area (Å²) in [5, 5.41) is 0. The molecule has 0 atom stereocenters. The highest BCUT2D eigenvalue weighted by atomic mass is 35.5. The van der Waals surface area contributed by atoms with Gasteiger partial charge in [0.2, 0.25) is 0 Å². The normalized spacial score (nSPS) is 23.8. The quantitative estimate of drug-likeness (QED) is 0.529. The summed E-state index contributed by atoms with van der Waals surface area (Å²) in [5.74, 6) is 1.71. The molecule has 0 aromatic rings. The summed E-state index contributed by atoms with van der Waals surface area (Å²) in [6, 6.07) is 0. The van der Waals surface area contributed by atoms with Crippen molar-refractivity contribution in [2.75, 3.05) is 58.4 Å². The van der Waals surface area contributed by atoms with Gasteiger partial charge in [0.15, 0.2) is 0 Å². The first-order valence-electron chi connectivity index (χ1n) is 7.97. The Hall–Kier alpha value is 0.170. The molecule has 0 radical (unpaired) electrons. The molecule has 0 amide bonds. The Morgan fingerprint density at radius 1 is 0.895 bits per heavy atom. The van der Waals surface area contributed by atoms with Crippen LogP contribution in [0.1, 0.15) is 32.1 Å². The summed E-state index contributed by atoms with van der Waals surface area (Å²) in [5.41, 5.74) is 0. The van der Waals surface area contributed by atoms with Gasteiger partial charge in [0.05, 0.1) is 0 Å². The van der Waals surface area contributed by atoms with Gasteiger partial charge in [0.1, 0.15) is 0 Å². The van der Waals surface area contributed by atoms with Gasteiger partial charge >= 0.3 is 0 Å². The van der Waals surface area contributed by atoms with Gasteiger partial charge in [0, 0.05) is 51.8 Å². The first-order chi connectivity index (χ1) is 9.38. The fourth-order valence-corrected chi connectivity index (χ4v) is 3.40. The summed E-state index contributed by atoms with van der Waals surface area (Å²) in [4.78, 5) is 5.10. The Balaban J connectivity index is 1.47. The number of halogens is 1. The lowest BCUT2D eigenvalue weighted by molar-refractivity contribution is 0.0626. The smallest absolute Gasteiger partial charge is 0.0468 e. The van der Waals surface area contributed by atoms with Crippen LogP contribution in [0.5, 0.6) is 0 Å². The zero-order valence-corrected chi connectivity index (χ0v) is 12.9. The summed E-state index contributed by atoms with van der Waals surface area (Å²) in [6.45, 7) is 9.19. The molecule has 0 spiro atoms. The maximum atomic E-state index is 5.78. The molecule has 0 saturated carbocycles.